The van der Waals surface area contributed by atoms with E-state index in [1.165, 1.54) is 18.2 Å². The van der Waals surface area contributed by atoms with Crippen molar-refractivity contribution in [2.75, 3.05) is 5.32 Å². The summed E-state index contributed by atoms with van der Waals surface area (Å²) in [5, 5.41) is 14.0. The van der Waals surface area contributed by atoms with E-state index in [1.54, 1.807) is 18.2 Å². The Balaban J connectivity index is 2.33. The zero-order chi connectivity index (χ0) is 15.6. The number of benzene rings is 2. The number of hydrogen-bond donors (Lipinski definition) is 1. The van der Waals surface area contributed by atoms with Crippen LogP contribution in [0.3, 0.4) is 0 Å². The van der Waals surface area contributed by atoms with Crippen LogP contribution >= 0.6 is 39.1 Å². The number of nitrogens with one attached hydrogen (secondary N) is 1. The van der Waals surface area contributed by atoms with Gasteiger partial charge >= 0.3 is 0 Å². The van der Waals surface area contributed by atoms with Crippen LogP contribution in [0.5, 0.6) is 0 Å². The van der Waals surface area contributed by atoms with Gasteiger partial charge in [-0.25, -0.2) is 0 Å². The normalized spacial score (nSPS) is 10.2. The summed E-state index contributed by atoms with van der Waals surface area (Å²) in [5.74, 6) is -0.541. The Morgan fingerprint density at radius 3 is 2.38 bits per heavy atom. The molecule has 0 aliphatic carbocycles. The van der Waals surface area contributed by atoms with Crippen molar-refractivity contribution in [1.82, 2.24) is 0 Å². The van der Waals surface area contributed by atoms with E-state index in [9.17, 15) is 14.9 Å². The fourth-order valence-electron chi connectivity index (χ4n) is 1.60. The Morgan fingerprint density at radius 1 is 1.19 bits per heavy atom. The molecule has 0 aliphatic heterocycles. The van der Waals surface area contributed by atoms with Crippen LogP contribution in [-0.4, -0.2) is 10.8 Å². The number of hydrogen-bond acceptors (Lipinski definition) is 3. The Hall–Kier alpha value is -1.63. The van der Waals surface area contributed by atoms with Gasteiger partial charge in [0.15, 0.2) is 0 Å². The highest BCUT2D eigenvalue weighted by molar-refractivity contribution is 9.10. The van der Waals surface area contributed by atoms with Gasteiger partial charge in [0.05, 0.1) is 25.1 Å². The minimum absolute atomic E-state index is 0.126. The first-order valence-electron chi connectivity index (χ1n) is 5.59. The zero-order valence-corrected chi connectivity index (χ0v) is 13.4. The molecule has 0 saturated heterocycles. The number of anilines is 1. The van der Waals surface area contributed by atoms with Crippen LogP contribution in [-0.2, 0) is 0 Å². The maximum absolute atomic E-state index is 12.1. The van der Waals surface area contributed by atoms with E-state index >= 15 is 0 Å². The lowest BCUT2D eigenvalue weighted by atomic mass is 10.2. The molecular formula is C13H7BrCl2N2O3. The topological polar surface area (TPSA) is 72.2 Å². The van der Waals surface area contributed by atoms with E-state index in [2.05, 4.69) is 21.2 Å². The summed E-state index contributed by atoms with van der Waals surface area (Å²) in [5.41, 5.74) is 0.185. The molecule has 0 spiro atoms. The quantitative estimate of drug-likeness (QED) is 0.598. The van der Waals surface area contributed by atoms with Crippen LogP contribution in [0.1, 0.15) is 10.4 Å². The summed E-state index contributed by atoms with van der Waals surface area (Å²) in [6, 6.07) is 8.85. The van der Waals surface area contributed by atoms with Crippen molar-refractivity contribution in [2.45, 2.75) is 0 Å². The Morgan fingerprint density at radius 2 is 1.81 bits per heavy atom. The summed E-state index contributed by atoms with van der Waals surface area (Å²) in [7, 11) is 0. The molecule has 0 aromatic heterocycles. The van der Waals surface area contributed by atoms with E-state index in [0.717, 1.165) is 0 Å². The minimum Gasteiger partial charge on any atom is -0.319 e. The van der Waals surface area contributed by atoms with E-state index in [0.29, 0.717) is 4.47 Å². The van der Waals surface area contributed by atoms with Crippen LogP contribution in [0, 0.1) is 10.1 Å². The second kappa shape index (κ2) is 6.43. The molecule has 1 amide bonds. The van der Waals surface area contributed by atoms with Crippen molar-refractivity contribution < 1.29 is 9.72 Å². The summed E-state index contributed by atoms with van der Waals surface area (Å²) in [4.78, 5) is 22.4. The van der Waals surface area contributed by atoms with Gasteiger partial charge < -0.3 is 5.32 Å². The third-order valence-corrected chi connectivity index (χ3v) is 3.91. The predicted molar refractivity (Wildman–Crippen MR) is 85.2 cm³/mol. The van der Waals surface area contributed by atoms with Gasteiger partial charge in [0.1, 0.15) is 0 Å². The first kappa shape index (κ1) is 15.8. The SMILES string of the molecule is O=C(Nc1c(Cl)cccc1Cl)c1ccc(Br)c([N+](=O)[O-])c1. The highest BCUT2D eigenvalue weighted by Gasteiger charge is 2.17. The van der Waals surface area contributed by atoms with E-state index < -0.39 is 10.8 Å². The molecule has 1 N–H and O–H groups in total. The first-order chi connectivity index (χ1) is 9.90. The van der Waals surface area contributed by atoms with Gasteiger partial charge in [-0.3, -0.25) is 14.9 Å². The fraction of sp³-hybridized carbons (Fsp3) is 0. The number of nitrogens with zero attached hydrogens (tertiary/aromatic N) is 1. The molecule has 0 atom stereocenters. The molecule has 2 aromatic rings. The number of carbonyl (C=O) groups is 1. The summed E-state index contributed by atoms with van der Waals surface area (Å²) < 4.78 is 0.292. The van der Waals surface area contributed by atoms with E-state index in [4.69, 9.17) is 23.2 Å². The highest BCUT2D eigenvalue weighted by atomic mass is 79.9. The second-order valence-electron chi connectivity index (χ2n) is 3.97. The molecule has 2 aromatic carbocycles. The number of para-hydroxylation sites is 1. The lowest BCUT2D eigenvalue weighted by Gasteiger charge is -2.09. The molecule has 0 unspecified atom stereocenters. The van der Waals surface area contributed by atoms with Crippen molar-refractivity contribution in [1.29, 1.82) is 0 Å². The average molecular weight is 390 g/mol. The van der Waals surface area contributed by atoms with Gasteiger partial charge in [-0.2, -0.15) is 0 Å². The number of nitro benzene ring substituents is 1. The monoisotopic (exact) mass is 388 g/mol. The summed E-state index contributed by atoms with van der Waals surface area (Å²) in [6.07, 6.45) is 0. The smallest absolute Gasteiger partial charge is 0.284 e. The van der Waals surface area contributed by atoms with Crippen molar-refractivity contribution in [3.05, 3.63) is 66.6 Å². The molecule has 2 rings (SSSR count). The molecular weight excluding hydrogens is 383 g/mol. The number of halogens is 3. The summed E-state index contributed by atoms with van der Waals surface area (Å²) in [6.45, 7) is 0. The van der Waals surface area contributed by atoms with Gasteiger partial charge in [0.25, 0.3) is 11.6 Å². The molecule has 0 aliphatic rings. The van der Waals surface area contributed by atoms with Gasteiger partial charge in [-0.05, 0) is 40.2 Å². The Bertz CT molecular complexity index is 717. The van der Waals surface area contributed by atoms with Gasteiger partial charge in [-0.15, -0.1) is 0 Å². The largest absolute Gasteiger partial charge is 0.319 e. The number of rotatable bonds is 3. The van der Waals surface area contributed by atoms with Crippen molar-refractivity contribution in [2.24, 2.45) is 0 Å². The molecule has 0 heterocycles. The lowest BCUT2D eigenvalue weighted by molar-refractivity contribution is -0.385. The highest BCUT2D eigenvalue weighted by Crippen LogP contribution is 2.31. The van der Waals surface area contributed by atoms with Gasteiger partial charge in [0.2, 0.25) is 0 Å². The molecule has 0 bridgehead atoms. The van der Waals surface area contributed by atoms with Gasteiger partial charge in [0, 0.05) is 11.6 Å². The standard InChI is InChI=1S/C13H7BrCl2N2O3/c14-8-5-4-7(6-11(8)18(20)21)13(19)17-12-9(15)2-1-3-10(12)16/h1-6H,(H,17,19). The van der Waals surface area contributed by atoms with Crippen molar-refractivity contribution in [3.63, 3.8) is 0 Å². The number of amides is 1. The predicted octanol–water partition coefficient (Wildman–Crippen LogP) is 4.92. The van der Waals surface area contributed by atoms with Gasteiger partial charge in [-0.1, -0.05) is 29.3 Å². The maximum Gasteiger partial charge on any atom is 0.284 e. The number of carbonyl (C=O) groups excluding carboxylic acids is 1. The van der Waals surface area contributed by atoms with Crippen LogP contribution in [0.25, 0.3) is 0 Å². The second-order valence-corrected chi connectivity index (χ2v) is 5.64. The molecule has 0 radical (unpaired) electrons. The first-order valence-corrected chi connectivity index (χ1v) is 7.14. The fourth-order valence-corrected chi connectivity index (χ4v) is 2.48. The minimum atomic E-state index is -0.580. The van der Waals surface area contributed by atoms with E-state index in [1.807, 2.05) is 0 Å². The van der Waals surface area contributed by atoms with Crippen molar-refractivity contribution >= 4 is 56.4 Å². The molecule has 0 fully saturated rings. The van der Waals surface area contributed by atoms with Crippen LogP contribution in [0.15, 0.2) is 40.9 Å². The molecule has 108 valence electrons. The third kappa shape index (κ3) is 3.53. The van der Waals surface area contributed by atoms with Crippen LogP contribution < -0.4 is 5.32 Å². The Labute approximate surface area is 138 Å². The summed E-state index contributed by atoms with van der Waals surface area (Å²) >= 11 is 15.0. The van der Waals surface area contributed by atoms with E-state index in [-0.39, 0.29) is 27.0 Å². The van der Waals surface area contributed by atoms with Crippen LogP contribution in [0.2, 0.25) is 10.0 Å². The molecule has 8 heteroatoms. The maximum atomic E-state index is 12.1. The average Bonchev–Trinajstić information content (AvgIpc) is 2.43. The lowest BCUT2D eigenvalue weighted by Crippen LogP contribution is -2.13. The molecule has 0 saturated carbocycles. The number of nitro groups is 1. The van der Waals surface area contributed by atoms with Crippen molar-refractivity contribution in [3.8, 4) is 0 Å². The Kier molecular flexibility index (Phi) is 4.82. The zero-order valence-electron chi connectivity index (χ0n) is 10.3. The third-order valence-electron chi connectivity index (χ3n) is 2.61. The van der Waals surface area contributed by atoms with Crippen LogP contribution in [0.4, 0.5) is 11.4 Å². The molecule has 5 nitrogen and oxygen atoms in total. The molecule has 21 heavy (non-hydrogen) atoms.